The first-order chi connectivity index (χ1) is 13.3. The number of Topliss-reactive ketones (excluding diaryl/α,β-unsaturated/α-hetero) is 1. The molecule has 146 valence electrons. The molecule has 0 aliphatic rings. The van der Waals surface area contributed by atoms with E-state index in [1.54, 1.807) is 54.6 Å². The summed E-state index contributed by atoms with van der Waals surface area (Å²) in [5.74, 6) is -1.94. The number of benzene rings is 2. The number of ether oxygens (including phenoxy) is 1. The zero-order valence-corrected chi connectivity index (χ0v) is 15.9. The van der Waals surface area contributed by atoms with Crippen molar-refractivity contribution in [1.29, 1.82) is 0 Å². The number of hydrogen-bond donors (Lipinski definition) is 2. The quantitative estimate of drug-likeness (QED) is 0.566. The number of anilines is 1. The van der Waals surface area contributed by atoms with Gasteiger partial charge in [0, 0.05) is 11.1 Å². The second-order valence-corrected chi connectivity index (χ2v) is 6.23. The second kappa shape index (κ2) is 9.45. The lowest BCUT2D eigenvalue weighted by Crippen LogP contribution is -2.42. The van der Waals surface area contributed by atoms with E-state index in [-0.39, 0.29) is 5.78 Å². The SMILES string of the molecule is CC(=O)c1ccccc1NC(=O)[C@H](C)OC(=O)[C@H](C)NC(=O)c1ccccc1. The van der Waals surface area contributed by atoms with Gasteiger partial charge >= 0.3 is 5.97 Å². The summed E-state index contributed by atoms with van der Waals surface area (Å²) >= 11 is 0. The van der Waals surface area contributed by atoms with Gasteiger partial charge in [0.1, 0.15) is 6.04 Å². The van der Waals surface area contributed by atoms with Crippen LogP contribution in [0.3, 0.4) is 0 Å². The van der Waals surface area contributed by atoms with E-state index in [2.05, 4.69) is 10.6 Å². The minimum absolute atomic E-state index is 0.196. The minimum atomic E-state index is -1.11. The van der Waals surface area contributed by atoms with Crippen molar-refractivity contribution in [2.45, 2.75) is 32.9 Å². The maximum Gasteiger partial charge on any atom is 0.329 e. The third kappa shape index (κ3) is 5.51. The van der Waals surface area contributed by atoms with Crippen LogP contribution >= 0.6 is 0 Å². The van der Waals surface area contributed by atoms with Crippen molar-refractivity contribution < 1.29 is 23.9 Å². The Labute approximate surface area is 163 Å². The summed E-state index contributed by atoms with van der Waals surface area (Å²) < 4.78 is 5.13. The van der Waals surface area contributed by atoms with Gasteiger partial charge in [-0.2, -0.15) is 0 Å². The molecule has 2 atom stereocenters. The topological polar surface area (TPSA) is 102 Å². The molecular formula is C21H22N2O5. The number of nitrogens with one attached hydrogen (secondary N) is 2. The van der Waals surface area contributed by atoms with E-state index in [1.807, 2.05) is 0 Å². The maximum absolute atomic E-state index is 12.3. The fraction of sp³-hybridized carbons (Fsp3) is 0.238. The number of amides is 2. The van der Waals surface area contributed by atoms with E-state index in [4.69, 9.17) is 4.74 Å². The van der Waals surface area contributed by atoms with E-state index < -0.39 is 29.9 Å². The molecule has 2 N–H and O–H groups in total. The van der Waals surface area contributed by atoms with Crippen molar-refractivity contribution in [1.82, 2.24) is 5.32 Å². The van der Waals surface area contributed by atoms with Gasteiger partial charge in [-0.25, -0.2) is 4.79 Å². The fourth-order valence-corrected chi connectivity index (χ4v) is 2.39. The second-order valence-electron chi connectivity index (χ2n) is 6.23. The lowest BCUT2D eigenvalue weighted by Gasteiger charge is -2.18. The summed E-state index contributed by atoms with van der Waals surface area (Å²) in [7, 11) is 0. The molecule has 2 aromatic rings. The molecule has 7 heteroatoms. The zero-order chi connectivity index (χ0) is 20.7. The largest absolute Gasteiger partial charge is 0.451 e. The van der Waals surface area contributed by atoms with Crippen molar-refractivity contribution in [3.63, 3.8) is 0 Å². The third-order valence-electron chi connectivity index (χ3n) is 3.96. The molecule has 0 heterocycles. The number of para-hydroxylation sites is 1. The Morgan fingerprint density at radius 3 is 2.14 bits per heavy atom. The number of carbonyl (C=O) groups excluding carboxylic acids is 4. The number of ketones is 1. The normalized spacial score (nSPS) is 12.4. The summed E-state index contributed by atoms with van der Waals surface area (Å²) in [6, 6.07) is 14.1. The molecule has 0 spiro atoms. The average Bonchev–Trinajstić information content (AvgIpc) is 2.68. The Balaban J connectivity index is 1.93. The lowest BCUT2D eigenvalue weighted by atomic mass is 10.1. The molecular weight excluding hydrogens is 360 g/mol. The van der Waals surface area contributed by atoms with Gasteiger partial charge in [-0.05, 0) is 45.0 Å². The van der Waals surface area contributed by atoms with Gasteiger partial charge in [-0.1, -0.05) is 30.3 Å². The maximum atomic E-state index is 12.3. The number of carbonyl (C=O) groups is 4. The summed E-state index contributed by atoms with van der Waals surface area (Å²) in [6.07, 6.45) is -1.11. The van der Waals surface area contributed by atoms with Gasteiger partial charge in [0.2, 0.25) is 0 Å². The molecule has 7 nitrogen and oxygen atoms in total. The number of esters is 1. The van der Waals surface area contributed by atoms with E-state index >= 15 is 0 Å². The van der Waals surface area contributed by atoms with Gasteiger partial charge in [0.05, 0.1) is 5.69 Å². The van der Waals surface area contributed by atoms with Crippen LogP contribution in [-0.2, 0) is 14.3 Å². The Kier molecular flexibility index (Phi) is 7.03. The van der Waals surface area contributed by atoms with Crippen LogP contribution in [0.2, 0.25) is 0 Å². The van der Waals surface area contributed by atoms with E-state index in [0.29, 0.717) is 16.8 Å². The van der Waals surface area contributed by atoms with Crippen molar-refractivity contribution in [3.8, 4) is 0 Å². The predicted molar refractivity (Wildman–Crippen MR) is 104 cm³/mol. The summed E-state index contributed by atoms with van der Waals surface area (Å²) in [5, 5.41) is 5.10. The summed E-state index contributed by atoms with van der Waals surface area (Å²) in [5.41, 5.74) is 1.11. The molecule has 0 saturated heterocycles. The highest BCUT2D eigenvalue weighted by atomic mass is 16.5. The average molecular weight is 382 g/mol. The fourth-order valence-electron chi connectivity index (χ4n) is 2.39. The van der Waals surface area contributed by atoms with E-state index in [1.165, 1.54) is 20.8 Å². The monoisotopic (exact) mass is 382 g/mol. The molecule has 0 fully saturated rings. The lowest BCUT2D eigenvalue weighted by molar-refractivity contribution is -0.154. The molecule has 2 amide bonds. The van der Waals surface area contributed by atoms with Gasteiger partial charge in [0.25, 0.3) is 11.8 Å². The third-order valence-corrected chi connectivity index (χ3v) is 3.96. The van der Waals surface area contributed by atoms with Crippen LogP contribution in [0.1, 0.15) is 41.5 Å². The summed E-state index contributed by atoms with van der Waals surface area (Å²) in [4.78, 5) is 48.2. The smallest absolute Gasteiger partial charge is 0.329 e. The summed E-state index contributed by atoms with van der Waals surface area (Å²) in [6.45, 7) is 4.28. The van der Waals surface area contributed by atoms with Gasteiger partial charge < -0.3 is 15.4 Å². The molecule has 2 rings (SSSR count). The van der Waals surface area contributed by atoms with Crippen molar-refractivity contribution in [2.24, 2.45) is 0 Å². The van der Waals surface area contributed by atoms with E-state index in [0.717, 1.165) is 0 Å². The highest BCUT2D eigenvalue weighted by molar-refractivity contribution is 6.05. The van der Waals surface area contributed by atoms with Crippen LogP contribution in [0.4, 0.5) is 5.69 Å². The predicted octanol–water partition coefficient (Wildman–Crippen LogP) is 2.58. The minimum Gasteiger partial charge on any atom is -0.451 e. The molecule has 0 saturated carbocycles. The van der Waals surface area contributed by atoms with Crippen LogP contribution in [0.25, 0.3) is 0 Å². The molecule has 0 radical (unpaired) electrons. The van der Waals surface area contributed by atoms with Crippen LogP contribution in [0.15, 0.2) is 54.6 Å². The number of rotatable bonds is 7. The van der Waals surface area contributed by atoms with Crippen molar-refractivity contribution in [3.05, 3.63) is 65.7 Å². The highest BCUT2D eigenvalue weighted by Gasteiger charge is 2.24. The van der Waals surface area contributed by atoms with Crippen LogP contribution < -0.4 is 10.6 Å². The van der Waals surface area contributed by atoms with Gasteiger partial charge in [0.15, 0.2) is 11.9 Å². The van der Waals surface area contributed by atoms with Crippen LogP contribution in [0, 0.1) is 0 Å². The Morgan fingerprint density at radius 1 is 0.893 bits per heavy atom. The molecule has 0 unspecified atom stereocenters. The van der Waals surface area contributed by atoms with Gasteiger partial charge in [-0.3, -0.25) is 14.4 Å². The van der Waals surface area contributed by atoms with Gasteiger partial charge in [-0.15, -0.1) is 0 Å². The highest BCUT2D eigenvalue weighted by Crippen LogP contribution is 2.16. The van der Waals surface area contributed by atoms with E-state index in [9.17, 15) is 19.2 Å². The first-order valence-electron chi connectivity index (χ1n) is 8.77. The standard InChI is InChI=1S/C21H22N2O5/c1-13(22-20(26)16-9-5-4-6-10-16)21(27)28-15(3)19(25)23-18-12-8-7-11-17(18)14(2)24/h4-13,15H,1-3H3,(H,22,26)(H,23,25)/t13-,15-/m0/s1. The van der Waals surface area contributed by atoms with Crippen molar-refractivity contribution >= 4 is 29.3 Å². The zero-order valence-electron chi connectivity index (χ0n) is 15.9. The first-order valence-corrected chi connectivity index (χ1v) is 8.77. The Bertz CT molecular complexity index is 879. The van der Waals surface area contributed by atoms with Crippen LogP contribution in [-0.4, -0.2) is 35.7 Å². The first kappa shape index (κ1) is 20.8. The molecule has 0 bridgehead atoms. The Hall–Kier alpha value is -3.48. The van der Waals surface area contributed by atoms with Crippen molar-refractivity contribution in [2.75, 3.05) is 5.32 Å². The molecule has 0 aliphatic carbocycles. The molecule has 0 aliphatic heterocycles. The molecule has 28 heavy (non-hydrogen) atoms. The number of hydrogen-bond acceptors (Lipinski definition) is 5. The Morgan fingerprint density at radius 2 is 1.50 bits per heavy atom. The van der Waals surface area contributed by atoms with Crippen LogP contribution in [0.5, 0.6) is 0 Å². The molecule has 0 aromatic heterocycles. The molecule has 2 aromatic carbocycles.